The minimum atomic E-state index is 0.225. The van der Waals surface area contributed by atoms with Gasteiger partial charge in [0.1, 0.15) is 0 Å². The lowest BCUT2D eigenvalue weighted by atomic mass is 10.3. The van der Waals surface area contributed by atoms with Gasteiger partial charge in [0.25, 0.3) is 0 Å². The topological polar surface area (TPSA) is 39.1 Å². The molecule has 0 aliphatic carbocycles. The Morgan fingerprint density at radius 1 is 1.56 bits per heavy atom. The zero-order chi connectivity index (χ0) is 13.0. The van der Waals surface area contributed by atoms with Crippen LogP contribution in [-0.4, -0.2) is 23.5 Å². The first-order chi connectivity index (χ1) is 8.69. The Kier molecular flexibility index (Phi) is 4.63. The maximum absolute atomic E-state index is 5.93. The molecule has 2 rings (SSSR count). The first-order valence-corrected chi connectivity index (χ1v) is 6.91. The molecule has 0 spiro atoms. The molecular weight excluding hydrogens is 270 g/mol. The summed E-state index contributed by atoms with van der Waals surface area (Å²) in [5.41, 5.74) is 1.00. The van der Waals surface area contributed by atoms with Gasteiger partial charge in [-0.2, -0.15) is 5.10 Å². The normalized spacial score (nSPS) is 12.6. The maximum Gasteiger partial charge on any atom is 0.0932 e. The molecule has 2 aromatic rings. The highest BCUT2D eigenvalue weighted by Gasteiger charge is 2.09. The first-order valence-electron chi connectivity index (χ1n) is 5.72. The predicted molar refractivity (Wildman–Crippen MR) is 75.5 cm³/mol. The lowest BCUT2D eigenvalue weighted by Gasteiger charge is -2.11. The van der Waals surface area contributed by atoms with Gasteiger partial charge in [-0.05, 0) is 19.1 Å². The van der Waals surface area contributed by atoms with E-state index in [0.29, 0.717) is 6.61 Å². The quantitative estimate of drug-likeness (QED) is 0.884. The van der Waals surface area contributed by atoms with Crippen molar-refractivity contribution in [1.29, 1.82) is 0 Å². The standard InChI is InChI=1S/C12H16ClN3OS/c1-9(11-3-4-12(13)18-11)15-10-7-14-16(8-10)5-6-17-2/h3-4,7-9,15H,5-6H2,1-2H3. The Morgan fingerprint density at radius 3 is 3.06 bits per heavy atom. The highest BCUT2D eigenvalue weighted by molar-refractivity contribution is 7.16. The Bertz CT molecular complexity index is 497. The SMILES string of the molecule is COCCn1cc(NC(C)c2ccc(Cl)s2)cn1. The van der Waals surface area contributed by atoms with Crippen LogP contribution in [-0.2, 0) is 11.3 Å². The fourth-order valence-electron chi connectivity index (χ4n) is 1.63. The van der Waals surface area contributed by atoms with Crippen LogP contribution in [0.25, 0.3) is 0 Å². The van der Waals surface area contributed by atoms with Crippen LogP contribution in [0.5, 0.6) is 0 Å². The third-order valence-electron chi connectivity index (χ3n) is 2.56. The predicted octanol–water partition coefficient (Wildman–Crippen LogP) is 3.42. The van der Waals surface area contributed by atoms with Crippen molar-refractivity contribution in [2.45, 2.75) is 19.5 Å². The second kappa shape index (κ2) is 6.22. The summed E-state index contributed by atoms with van der Waals surface area (Å²) in [4.78, 5) is 1.21. The second-order valence-electron chi connectivity index (χ2n) is 3.99. The van der Waals surface area contributed by atoms with Gasteiger partial charge in [-0.25, -0.2) is 0 Å². The minimum Gasteiger partial charge on any atom is -0.383 e. The van der Waals surface area contributed by atoms with Gasteiger partial charge in [0.15, 0.2) is 0 Å². The molecule has 98 valence electrons. The molecule has 2 heterocycles. The molecule has 18 heavy (non-hydrogen) atoms. The number of rotatable bonds is 6. The summed E-state index contributed by atoms with van der Waals surface area (Å²) in [5, 5.41) is 7.65. The number of nitrogens with one attached hydrogen (secondary N) is 1. The molecule has 0 aliphatic heterocycles. The van der Waals surface area contributed by atoms with Crippen molar-refractivity contribution in [3.8, 4) is 0 Å². The number of hydrogen-bond donors (Lipinski definition) is 1. The Labute approximate surface area is 116 Å². The number of aromatic nitrogens is 2. The summed E-state index contributed by atoms with van der Waals surface area (Å²) in [5.74, 6) is 0. The highest BCUT2D eigenvalue weighted by Crippen LogP contribution is 2.28. The third-order valence-corrected chi connectivity index (χ3v) is 3.98. The Morgan fingerprint density at radius 2 is 2.39 bits per heavy atom. The van der Waals surface area contributed by atoms with Crippen LogP contribution in [0.2, 0.25) is 4.34 Å². The molecule has 4 nitrogen and oxygen atoms in total. The van der Waals surface area contributed by atoms with Crippen molar-refractivity contribution >= 4 is 28.6 Å². The van der Waals surface area contributed by atoms with E-state index >= 15 is 0 Å². The van der Waals surface area contributed by atoms with E-state index in [-0.39, 0.29) is 6.04 Å². The van der Waals surface area contributed by atoms with Gasteiger partial charge in [-0.1, -0.05) is 11.6 Å². The highest BCUT2D eigenvalue weighted by atomic mass is 35.5. The van der Waals surface area contributed by atoms with Crippen LogP contribution in [0.3, 0.4) is 0 Å². The summed E-state index contributed by atoms with van der Waals surface area (Å²) < 4.78 is 7.69. The largest absolute Gasteiger partial charge is 0.383 e. The van der Waals surface area contributed by atoms with E-state index in [4.69, 9.17) is 16.3 Å². The summed E-state index contributed by atoms with van der Waals surface area (Å²) in [6, 6.07) is 4.18. The molecule has 1 unspecified atom stereocenters. The molecule has 1 N–H and O–H groups in total. The van der Waals surface area contributed by atoms with Crippen molar-refractivity contribution < 1.29 is 4.74 Å². The zero-order valence-corrected chi connectivity index (χ0v) is 12.0. The number of methoxy groups -OCH3 is 1. The van der Waals surface area contributed by atoms with E-state index in [9.17, 15) is 0 Å². The van der Waals surface area contributed by atoms with Gasteiger partial charge in [-0.15, -0.1) is 11.3 Å². The van der Waals surface area contributed by atoms with E-state index in [1.54, 1.807) is 18.4 Å². The van der Waals surface area contributed by atoms with E-state index in [1.165, 1.54) is 4.88 Å². The van der Waals surface area contributed by atoms with Gasteiger partial charge in [0, 0.05) is 18.2 Å². The number of ether oxygens (including phenoxy) is 1. The molecule has 0 aromatic carbocycles. The first kappa shape index (κ1) is 13.4. The lowest BCUT2D eigenvalue weighted by molar-refractivity contribution is 0.183. The molecule has 0 bridgehead atoms. The van der Waals surface area contributed by atoms with Crippen LogP contribution in [0.15, 0.2) is 24.5 Å². The molecule has 0 radical (unpaired) electrons. The van der Waals surface area contributed by atoms with Gasteiger partial charge in [0.2, 0.25) is 0 Å². The van der Waals surface area contributed by atoms with Crippen molar-refractivity contribution in [2.24, 2.45) is 0 Å². The van der Waals surface area contributed by atoms with E-state index in [0.717, 1.165) is 16.6 Å². The second-order valence-corrected chi connectivity index (χ2v) is 5.74. The monoisotopic (exact) mass is 285 g/mol. The molecule has 0 aliphatic rings. The fourth-order valence-corrected chi connectivity index (χ4v) is 2.69. The van der Waals surface area contributed by atoms with E-state index in [1.807, 2.05) is 29.2 Å². The minimum absolute atomic E-state index is 0.225. The van der Waals surface area contributed by atoms with Gasteiger partial charge in [-0.3, -0.25) is 4.68 Å². The molecule has 6 heteroatoms. The molecule has 0 fully saturated rings. The summed E-state index contributed by atoms with van der Waals surface area (Å²) in [6.45, 7) is 3.53. The van der Waals surface area contributed by atoms with Gasteiger partial charge in [0.05, 0.1) is 35.4 Å². The molecule has 0 saturated carbocycles. The van der Waals surface area contributed by atoms with Crippen LogP contribution in [0.1, 0.15) is 17.8 Å². The molecular formula is C12H16ClN3OS. The van der Waals surface area contributed by atoms with E-state index < -0.39 is 0 Å². The average molecular weight is 286 g/mol. The molecule has 0 amide bonds. The van der Waals surface area contributed by atoms with Crippen molar-refractivity contribution in [3.63, 3.8) is 0 Å². The summed E-state index contributed by atoms with van der Waals surface area (Å²) in [7, 11) is 1.69. The summed E-state index contributed by atoms with van der Waals surface area (Å²) >= 11 is 7.52. The fraction of sp³-hybridized carbons (Fsp3) is 0.417. The Balaban J connectivity index is 1.94. The number of hydrogen-bond acceptors (Lipinski definition) is 4. The smallest absolute Gasteiger partial charge is 0.0932 e. The summed E-state index contributed by atoms with van der Waals surface area (Å²) in [6.07, 6.45) is 3.80. The number of anilines is 1. The number of nitrogens with zero attached hydrogens (tertiary/aromatic N) is 2. The lowest BCUT2D eigenvalue weighted by Crippen LogP contribution is -2.05. The van der Waals surface area contributed by atoms with Crippen molar-refractivity contribution in [2.75, 3.05) is 19.0 Å². The maximum atomic E-state index is 5.93. The number of thiophene rings is 1. The Hall–Kier alpha value is -1.04. The molecule has 2 aromatic heterocycles. The van der Waals surface area contributed by atoms with Crippen molar-refractivity contribution in [1.82, 2.24) is 9.78 Å². The molecule has 0 saturated heterocycles. The zero-order valence-electron chi connectivity index (χ0n) is 10.4. The van der Waals surface area contributed by atoms with Crippen LogP contribution < -0.4 is 5.32 Å². The van der Waals surface area contributed by atoms with Crippen LogP contribution in [0, 0.1) is 0 Å². The van der Waals surface area contributed by atoms with Gasteiger partial charge >= 0.3 is 0 Å². The van der Waals surface area contributed by atoms with Crippen molar-refractivity contribution in [3.05, 3.63) is 33.7 Å². The third kappa shape index (κ3) is 3.48. The number of halogens is 1. The van der Waals surface area contributed by atoms with Crippen LogP contribution >= 0.6 is 22.9 Å². The van der Waals surface area contributed by atoms with Crippen LogP contribution in [0.4, 0.5) is 5.69 Å². The molecule has 1 atom stereocenters. The van der Waals surface area contributed by atoms with Gasteiger partial charge < -0.3 is 10.1 Å². The van der Waals surface area contributed by atoms with E-state index in [2.05, 4.69) is 17.3 Å². The average Bonchev–Trinajstić information content (AvgIpc) is 2.96.